The molecular weight excluding hydrogens is 1340 g/mol. The predicted molar refractivity (Wildman–Crippen MR) is 426 cm³/mol. The second kappa shape index (κ2) is 76.6. The van der Waals surface area contributed by atoms with Crippen LogP contribution >= 0.6 is 15.6 Å². The molecule has 0 aliphatic carbocycles. The standard InChI is InChI=1S/C85H140O16P2/c1-4-7-10-13-16-19-22-25-28-31-34-36-37-38-39-40-41-43-46-47-50-53-56-59-62-65-68-71-83(88)95-74-80(86)75-97-102(91,92)98-76-81(87)77-99-103(93,94)100-79-82(101-85(90)73-70-67-64-61-58-55-52-49-44-33-30-27-24-21-18-15-12-9-6-3)78-96-84(89)72-69-66-63-60-57-54-51-48-45-42-35-32-29-26-23-20-17-14-11-8-5-2/h7-8,10-11,16-21,25-30,34-36,38-39,41-44,48-49,51,80-82,86-87H,4-6,9,12-15,22-24,31-33,37,40,45-47,50,52-79H2,1-3H3,(H,91,92)(H,93,94)/b10-7-,11-8-,19-16-,20-17-,21-18-,28-25-,29-26-,30-27-,36-34-,39-38-,42-35-,43-41-,49-44-,51-48-. The summed E-state index contributed by atoms with van der Waals surface area (Å²) in [6, 6.07) is 0. The van der Waals surface area contributed by atoms with Gasteiger partial charge in [0.15, 0.2) is 6.10 Å². The number of aliphatic hydroxyl groups is 2. The molecule has 0 amide bonds. The van der Waals surface area contributed by atoms with Crippen molar-refractivity contribution >= 4 is 33.6 Å². The van der Waals surface area contributed by atoms with Crippen molar-refractivity contribution in [3.05, 3.63) is 170 Å². The van der Waals surface area contributed by atoms with E-state index in [1.807, 2.05) is 0 Å². The lowest BCUT2D eigenvalue weighted by Crippen LogP contribution is -2.30. The number of phosphoric acid groups is 2. The van der Waals surface area contributed by atoms with Crippen LogP contribution in [0.2, 0.25) is 0 Å². The van der Waals surface area contributed by atoms with Crippen molar-refractivity contribution in [3.8, 4) is 0 Å². The minimum Gasteiger partial charge on any atom is -0.463 e. The Labute approximate surface area is 624 Å². The van der Waals surface area contributed by atoms with Crippen LogP contribution < -0.4 is 0 Å². The molecule has 103 heavy (non-hydrogen) atoms. The molecule has 0 fully saturated rings. The number of hydrogen-bond acceptors (Lipinski definition) is 14. The van der Waals surface area contributed by atoms with Crippen LogP contribution in [0.5, 0.6) is 0 Å². The molecule has 0 rings (SSSR count). The molecule has 0 radical (unpaired) electrons. The lowest BCUT2D eigenvalue weighted by Gasteiger charge is -2.21. The number of aliphatic hydroxyl groups excluding tert-OH is 2. The minimum absolute atomic E-state index is 0.0795. The summed E-state index contributed by atoms with van der Waals surface area (Å²) in [6.45, 7) is 2.37. The van der Waals surface area contributed by atoms with Gasteiger partial charge in [-0.3, -0.25) is 32.5 Å². The molecule has 5 atom stereocenters. The Bertz CT molecular complexity index is 2550. The van der Waals surface area contributed by atoms with Gasteiger partial charge in [-0.05, 0) is 154 Å². The molecule has 0 bridgehead atoms. The number of carbonyl (C=O) groups excluding carboxylic acids is 3. The van der Waals surface area contributed by atoms with Gasteiger partial charge in [0.25, 0.3) is 0 Å². The van der Waals surface area contributed by atoms with Crippen molar-refractivity contribution in [2.24, 2.45) is 0 Å². The first-order chi connectivity index (χ1) is 50.2. The van der Waals surface area contributed by atoms with Gasteiger partial charge in [0.1, 0.15) is 25.4 Å². The molecule has 16 nitrogen and oxygen atoms in total. The van der Waals surface area contributed by atoms with Gasteiger partial charge in [-0.15, -0.1) is 0 Å². The molecule has 0 spiro atoms. The maximum Gasteiger partial charge on any atom is 0.472 e. The van der Waals surface area contributed by atoms with E-state index in [2.05, 4.69) is 191 Å². The van der Waals surface area contributed by atoms with Crippen molar-refractivity contribution in [2.45, 2.75) is 309 Å². The lowest BCUT2D eigenvalue weighted by atomic mass is 10.1. The number of allylic oxidation sites excluding steroid dienone is 28. The maximum absolute atomic E-state index is 13.0. The monoisotopic (exact) mass is 1480 g/mol. The number of phosphoric ester groups is 2. The summed E-state index contributed by atoms with van der Waals surface area (Å²) in [5.41, 5.74) is 0. The highest BCUT2D eigenvalue weighted by Crippen LogP contribution is 2.45. The van der Waals surface area contributed by atoms with E-state index in [0.29, 0.717) is 19.3 Å². The van der Waals surface area contributed by atoms with Crippen molar-refractivity contribution in [3.63, 3.8) is 0 Å². The summed E-state index contributed by atoms with van der Waals surface area (Å²) >= 11 is 0. The highest BCUT2D eigenvalue weighted by atomic mass is 31.2. The molecule has 586 valence electrons. The molecule has 0 heterocycles. The van der Waals surface area contributed by atoms with Crippen LogP contribution in [-0.4, -0.2) is 95.9 Å². The second-order valence-electron chi connectivity index (χ2n) is 25.7. The number of carbonyl (C=O) groups is 3. The number of hydrogen-bond donors (Lipinski definition) is 4. The van der Waals surface area contributed by atoms with Gasteiger partial charge in [0.05, 0.1) is 26.4 Å². The molecule has 0 aromatic carbocycles. The Hall–Kier alpha value is -5.09. The first-order valence-electron chi connectivity index (χ1n) is 39.4. The van der Waals surface area contributed by atoms with Gasteiger partial charge in [0.2, 0.25) is 0 Å². The summed E-state index contributed by atoms with van der Waals surface area (Å²) in [4.78, 5) is 58.7. The zero-order valence-electron chi connectivity index (χ0n) is 63.9. The summed E-state index contributed by atoms with van der Waals surface area (Å²) < 4.78 is 61.2. The van der Waals surface area contributed by atoms with Crippen LogP contribution in [0.4, 0.5) is 0 Å². The highest BCUT2D eigenvalue weighted by Gasteiger charge is 2.29. The van der Waals surface area contributed by atoms with E-state index in [9.17, 15) is 43.5 Å². The minimum atomic E-state index is -4.95. The van der Waals surface area contributed by atoms with Crippen LogP contribution in [0.1, 0.15) is 290 Å². The summed E-state index contributed by atoms with van der Waals surface area (Å²) in [7, 11) is -9.82. The fourth-order valence-electron chi connectivity index (χ4n) is 9.96. The topological polar surface area (TPSA) is 231 Å². The maximum atomic E-state index is 13.0. The number of esters is 3. The van der Waals surface area contributed by atoms with Gasteiger partial charge < -0.3 is 34.2 Å². The summed E-state index contributed by atoms with van der Waals surface area (Å²) in [5.74, 6) is -1.63. The SMILES string of the molecule is CC/C=C\C/C=C\C/C=C\C/C=C\C/C=C\C/C=C\CCCCCCCCCCC(=O)OCC(O)COP(=O)(O)OCC(O)COP(=O)(O)OCC(COC(=O)CCCCCCC/C=C\C/C=C\C/C=C\C/C=C\C/C=C\CC)OC(=O)CCCCCCCC/C=C\C/C=C\C/C=C\CCCCC. The Morgan fingerprint density at radius 2 is 0.515 bits per heavy atom. The zero-order chi connectivity index (χ0) is 75.2. The molecular formula is C85H140O16P2. The third-order valence-corrected chi connectivity index (χ3v) is 17.8. The van der Waals surface area contributed by atoms with Crippen LogP contribution in [0.15, 0.2) is 170 Å². The quantitative estimate of drug-likeness (QED) is 0.0146. The van der Waals surface area contributed by atoms with Crippen LogP contribution in [0.25, 0.3) is 0 Å². The molecule has 18 heteroatoms. The number of unbranched alkanes of at least 4 members (excludes halogenated alkanes) is 22. The highest BCUT2D eigenvalue weighted by molar-refractivity contribution is 7.47. The van der Waals surface area contributed by atoms with E-state index in [1.54, 1.807) is 0 Å². The van der Waals surface area contributed by atoms with Crippen molar-refractivity contribution < 1.29 is 75.8 Å². The average Bonchev–Trinajstić information content (AvgIpc) is 0.923. The van der Waals surface area contributed by atoms with Gasteiger partial charge in [-0.2, -0.15) is 0 Å². The van der Waals surface area contributed by atoms with Gasteiger partial charge in [0, 0.05) is 19.3 Å². The zero-order valence-corrected chi connectivity index (χ0v) is 65.7. The van der Waals surface area contributed by atoms with Crippen molar-refractivity contribution in [1.29, 1.82) is 0 Å². The van der Waals surface area contributed by atoms with Crippen molar-refractivity contribution in [1.82, 2.24) is 0 Å². The second-order valence-corrected chi connectivity index (χ2v) is 28.7. The van der Waals surface area contributed by atoms with Gasteiger partial charge in [-0.25, -0.2) is 9.13 Å². The Morgan fingerprint density at radius 1 is 0.282 bits per heavy atom. The van der Waals surface area contributed by atoms with Gasteiger partial charge in [-0.1, -0.05) is 287 Å². The summed E-state index contributed by atoms with van der Waals surface area (Å²) in [6.07, 6.45) is 96.7. The van der Waals surface area contributed by atoms with E-state index in [1.165, 1.54) is 38.5 Å². The number of rotatable bonds is 73. The smallest absolute Gasteiger partial charge is 0.463 e. The van der Waals surface area contributed by atoms with E-state index in [-0.39, 0.29) is 19.3 Å². The van der Waals surface area contributed by atoms with Crippen LogP contribution in [0.3, 0.4) is 0 Å². The third kappa shape index (κ3) is 77.8. The third-order valence-electron chi connectivity index (χ3n) is 15.9. The average molecular weight is 1480 g/mol. The molecule has 0 aromatic heterocycles. The fourth-order valence-corrected chi connectivity index (χ4v) is 11.5. The molecule has 0 aliphatic heterocycles. The van der Waals surface area contributed by atoms with E-state index < -0.39 is 91.5 Å². The van der Waals surface area contributed by atoms with Crippen LogP contribution in [-0.2, 0) is 55.8 Å². The van der Waals surface area contributed by atoms with Gasteiger partial charge >= 0.3 is 33.6 Å². The normalized spacial score (nSPS) is 14.9. The lowest BCUT2D eigenvalue weighted by molar-refractivity contribution is -0.161. The molecule has 0 saturated carbocycles. The molecule has 0 saturated heterocycles. The Balaban J connectivity index is 4.68. The number of ether oxygens (including phenoxy) is 3. The van der Waals surface area contributed by atoms with E-state index in [4.69, 9.17) is 32.3 Å². The first kappa shape index (κ1) is 97.9. The molecule has 0 aliphatic rings. The Morgan fingerprint density at radius 3 is 0.816 bits per heavy atom. The Kier molecular flexibility index (Phi) is 72.8. The van der Waals surface area contributed by atoms with Crippen molar-refractivity contribution in [2.75, 3.05) is 39.6 Å². The largest absolute Gasteiger partial charge is 0.472 e. The van der Waals surface area contributed by atoms with E-state index >= 15 is 0 Å². The molecule has 0 aromatic rings. The first-order valence-corrected chi connectivity index (χ1v) is 42.4. The molecule has 5 unspecified atom stereocenters. The van der Waals surface area contributed by atoms with E-state index in [0.717, 1.165) is 193 Å². The predicted octanol–water partition coefficient (Wildman–Crippen LogP) is 23.2. The molecule has 4 N–H and O–H groups in total. The van der Waals surface area contributed by atoms with Crippen LogP contribution in [0, 0.1) is 0 Å². The summed E-state index contributed by atoms with van der Waals surface area (Å²) in [5, 5.41) is 20.6. The fraction of sp³-hybridized carbons (Fsp3) is 0.635.